The zero-order valence-electron chi connectivity index (χ0n) is 7.16. The second kappa shape index (κ2) is 5.00. The number of aliphatic hydroxyl groups is 1. The number of carbonyl (C=O) groups is 1. The van der Waals surface area contributed by atoms with Crippen molar-refractivity contribution in [2.45, 2.75) is 19.4 Å². The van der Waals surface area contributed by atoms with Gasteiger partial charge in [-0.3, -0.25) is 0 Å². The third-order valence-corrected chi connectivity index (χ3v) is 2.11. The minimum Gasteiger partial charge on any atom is -0.392 e. The Kier molecular flexibility index (Phi) is 3.93. The summed E-state index contributed by atoms with van der Waals surface area (Å²) < 4.78 is 0. The fourth-order valence-corrected chi connectivity index (χ4v) is 1.39. The molecule has 0 aliphatic carbocycles. The predicted octanol–water partition coefficient (Wildman–Crippen LogP) is 1.96. The van der Waals surface area contributed by atoms with Gasteiger partial charge in [0, 0.05) is 11.4 Å². The highest BCUT2D eigenvalue weighted by atomic mass is 35.5. The molecular formula is C10H11ClO2. The van der Waals surface area contributed by atoms with Crippen LogP contribution in [-0.4, -0.2) is 11.4 Å². The lowest BCUT2D eigenvalue weighted by atomic mass is 10.0. The quantitative estimate of drug-likeness (QED) is 0.752. The van der Waals surface area contributed by atoms with Gasteiger partial charge in [0.25, 0.3) is 0 Å². The van der Waals surface area contributed by atoms with Crippen molar-refractivity contribution in [3.8, 4) is 0 Å². The number of halogens is 1. The highest BCUT2D eigenvalue weighted by Gasteiger charge is 2.01. The van der Waals surface area contributed by atoms with E-state index in [-0.39, 0.29) is 6.61 Å². The highest BCUT2D eigenvalue weighted by molar-refractivity contribution is 6.30. The lowest BCUT2D eigenvalue weighted by molar-refractivity contribution is -0.107. The van der Waals surface area contributed by atoms with Crippen molar-refractivity contribution in [2.24, 2.45) is 0 Å². The summed E-state index contributed by atoms with van der Waals surface area (Å²) in [6.45, 7) is -0.00857. The summed E-state index contributed by atoms with van der Waals surface area (Å²) in [5.41, 5.74) is 1.79. The monoisotopic (exact) mass is 198 g/mol. The van der Waals surface area contributed by atoms with Crippen LogP contribution < -0.4 is 0 Å². The van der Waals surface area contributed by atoms with Gasteiger partial charge in [0.1, 0.15) is 6.29 Å². The molecule has 0 aliphatic heterocycles. The molecule has 0 aliphatic rings. The van der Waals surface area contributed by atoms with Gasteiger partial charge in [0.2, 0.25) is 0 Å². The Hall–Kier alpha value is -0.860. The van der Waals surface area contributed by atoms with Gasteiger partial charge >= 0.3 is 0 Å². The van der Waals surface area contributed by atoms with Gasteiger partial charge in [-0.25, -0.2) is 0 Å². The lowest BCUT2D eigenvalue weighted by Crippen LogP contribution is -1.94. The van der Waals surface area contributed by atoms with Crippen LogP contribution in [0.1, 0.15) is 17.5 Å². The third-order valence-electron chi connectivity index (χ3n) is 1.87. The molecular weight excluding hydrogens is 188 g/mol. The Labute approximate surface area is 82.2 Å². The molecule has 0 heterocycles. The Bertz CT molecular complexity index is 297. The first-order valence-corrected chi connectivity index (χ1v) is 4.47. The van der Waals surface area contributed by atoms with Crippen molar-refractivity contribution in [1.29, 1.82) is 0 Å². The molecule has 0 amide bonds. The first-order valence-electron chi connectivity index (χ1n) is 4.09. The second-order valence-corrected chi connectivity index (χ2v) is 3.21. The number of rotatable bonds is 4. The fraction of sp³-hybridized carbons (Fsp3) is 0.300. The van der Waals surface area contributed by atoms with E-state index in [9.17, 15) is 4.79 Å². The van der Waals surface area contributed by atoms with Crippen molar-refractivity contribution in [2.75, 3.05) is 0 Å². The maximum Gasteiger partial charge on any atom is 0.120 e. The molecule has 1 N–H and O–H groups in total. The molecule has 0 atom stereocenters. The Morgan fingerprint density at radius 3 is 2.77 bits per heavy atom. The molecule has 3 heteroatoms. The normalized spacial score (nSPS) is 10.0. The minimum atomic E-state index is -0.00857. The number of aryl methyl sites for hydroxylation is 1. The number of aldehydes is 1. The molecule has 1 aromatic rings. The predicted molar refractivity (Wildman–Crippen MR) is 51.8 cm³/mol. The SMILES string of the molecule is O=CCCc1cc(Cl)ccc1CO. The van der Waals surface area contributed by atoms with Crippen LogP contribution in [0.25, 0.3) is 0 Å². The van der Waals surface area contributed by atoms with Gasteiger partial charge in [-0.2, -0.15) is 0 Å². The molecule has 2 nitrogen and oxygen atoms in total. The molecule has 0 spiro atoms. The molecule has 1 aromatic carbocycles. The van der Waals surface area contributed by atoms with Crippen molar-refractivity contribution >= 4 is 17.9 Å². The zero-order valence-corrected chi connectivity index (χ0v) is 7.92. The van der Waals surface area contributed by atoms with Crippen molar-refractivity contribution in [1.82, 2.24) is 0 Å². The summed E-state index contributed by atoms with van der Waals surface area (Å²) in [5, 5.41) is 9.61. The van der Waals surface area contributed by atoms with E-state index >= 15 is 0 Å². The summed E-state index contributed by atoms with van der Waals surface area (Å²) in [6, 6.07) is 5.30. The zero-order chi connectivity index (χ0) is 9.68. The number of hydrogen-bond acceptors (Lipinski definition) is 2. The topological polar surface area (TPSA) is 37.3 Å². The van der Waals surface area contributed by atoms with Crippen LogP contribution in [0.4, 0.5) is 0 Å². The van der Waals surface area contributed by atoms with Crippen LogP contribution in [0.2, 0.25) is 5.02 Å². The summed E-state index contributed by atoms with van der Waals surface area (Å²) >= 11 is 5.78. The van der Waals surface area contributed by atoms with Crippen LogP contribution in [-0.2, 0) is 17.8 Å². The van der Waals surface area contributed by atoms with Crippen molar-refractivity contribution in [3.63, 3.8) is 0 Å². The van der Waals surface area contributed by atoms with E-state index in [4.69, 9.17) is 16.7 Å². The van der Waals surface area contributed by atoms with E-state index in [0.717, 1.165) is 17.4 Å². The first-order chi connectivity index (χ1) is 6.27. The molecule has 13 heavy (non-hydrogen) atoms. The maximum absolute atomic E-state index is 10.2. The molecule has 0 saturated heterocycles. The number of hydrogen-bond donors (Lipinski definition) is 1. The molecule has 1 rings (SSSR count). The van der Waals surface area contributed by atoms with Crippen LogP contribution in [0, 0.1) is 0 Å². The third kappa shape index (κ3) is 2.83. The van der Waals surface area contributed by atoms with Gasteiger partial charge in [0.05, 0.1) is 6.61 Å². The second-order valence-electron chi connectivity index (χ2n) is 2.78. The van der Waals surface area contributed by atoms with Crippen LogP contribution in [0.15, 0.2) is 18.2 Å². The van der Waals surface area contributed by atoms with Gasteiger partial charge in [-0.1, -0.05) is 17.7 Å². The maximum atomic E-state index is 10.2. The lowest BCUT2D eigenvalue weighted by Gasteiger charge is -2.05. The summed E-state index contributed by atoms with van der Waals surface area (Å²) in [4.78, 5) is 10.2. The van der Waals surface area contributed by atoms with E-state index in [0.29, 0.717) is 17.9 Å². The van der Waals surface area contributed by atoms with E-state index in [1.807, 2.05) is 0 Å². The Balaban J connectivity index is 2.87. The average Bonchev–Trinajstić information content (AvgIpc) is 2.15. The number of aliphatic hydroxyl groups excluding tert-OH is 1. The molecule has 0 saturated carbocycles. The minimum absolute atomic E-state index is 0.00857. The smallest absolute Gasteiger partial charge is 0.120 e. The average molecular weight is 199 g/mol. The van der Waals surface area contributed by atoms with Gasteiger partial charge in [0.15, 0.2) is 0 Å². The van der Waals surface area contributed by atoms with E-state index in [2.05, 4.69) is 0 Å². The van der Waals surface area contributed by atoms with Crippen LogP contribution >= 0.6 is 11.6 Å². The number of benzene rings is 1. The van der Waals surface area contributed by atoms with Gasteiger partial charge in [-0.05, 0) is 29.7 Å². The Morgan fingerprint density at radius 1 is 1.38 bits per heavy atom. The fourth-order valence-electron chi connectivity index (χ4n) is 1.20. The van der Waals surface area contributed by atoms with Gasteiger partial charge in [-0.15, -0.1) is 0 Å². The standard InChI is InChI=1S/C10H11ClO2/c11-10-4-3-9(7-13)8(6-10)2-1-5-12/h3-6,13H,1-2,7H2. The van der Waals surface area contributed by atoms with Crippen LogP contribution in [0.3, 0.4) is 0 Å². The molecule has 0 radical (unpaired) electrons. The van der Waals surface area contributed by atoms with Crippen LogP contribution in [0.5, 0.6) is 0 Å². The summed E-state index contributed by atoms with van der Waals surface area (Å²) in [6.07, 6.45) is 1.97. The van der Waals surface area contributed by atoms with E-state index < -0.39 is 0 Å². The largest absolute Gasteiger partial charge is 0.392 e. The summed E-state index contributed by atoms with van der Waals surface area (Å²) in [5.74, 6) is 0. The first kappa shape index (κ1) is 10.2. The van der Waals surface area contributed by atoms with Crippen molar-refractivity contribution in [3.05, 3.63) is 34.3 Å². The van der Waals surface area contributed by atoms with Gasteiger partial charge < -0.3 is 9.90 Å². The molecule has 0 bridgehead atoms. The molecule has 70 valence electrons. The van der Waals surface area contributed by atoms with Crippen molar-refractivity contribution < 1.29 is 9.90 Å². The molecule has 0 fully saturated rings. The van der Waals surface area contributed by atoms with E-state index in [1.165, 1.54) is 0 Å². The Morgan fingerprint density at radius 2 is 2.15 bits per heavy atom. The number of carbonyl (C=O) groups excluding carboxylic acids is 1. The molecule has 0 aromatic heterocycles. The molecule has 0 unspecified atom stereocenters. The van der Waals surface area contributed by atoms with E-state index in [1.54, 1.807) is 18.2 Å². The highest BCUT2D eigenvalue weighted by Crippen LogP contribution is 2.17. The summed E-state index contributed by atoms with van der Waals surface area (Å²) in [7, 11) is 0.